The third-order valence-corrected chi connectivity index (χ3v) is 3.30. The Morgan fingerprint density at radius 1 is 1.50 bits per heavy atom. The molecule has 2 N–H and O–H groups in total. The van der Waals surface area contributed by atoms with Crippen molar-refractivity contribution in [1.82, 2.24) is 15.0 Å². The molecule has 2 aromatic rings. The number of methoxy groups -OCH3 is 1. The van der Waals surface area contributed by atoms with Crippen molar-refractivity contribution in [1.29, 1.82) is 0 Å². The first-order valence-electron chi connectivity index (χ1n) is 6.15. The van der Waals surface area contributed by atoms with Crippen molar-refractivity contribution in [2.24, 2.45) is 0 Å². The molecule has 0 saturated heterocycles. The Kier molecular flexibility index (Phi) is 2.78. The molecule has 1 heterocycles. The molecule has 1 aromatic heterocycles. The lowest BCUT2D eigenvalue weighted by atomic mass is 10.2. The number of nitrogen functional groups attached to an aromatic ring is 1. The average Bonchev–Trinajstić information content (AvgIpc) is 3.20. The van der Waals surface area contributed by atoms with Gasteiger partial charge < -0.3 is 10.5 Å². The maximum atomic E-state index is 11.1. The molecule has 0 unspecified atom stereocenters. The third kappa shape index (κ3) is 1.94. The molecule has 1 fully saturated rings. The van der Waals surface area contributed by atoms with E-state index in [1.807, 2.05) is 0 Å². The van der Waals surface area contributed by atoms with Crippen molar-refractivity contribution in [2.75, 3.05) is 12.8 Å². The van der Waals surface area contributed by atoms with Gasteiger partial charge in [0.05, 0.1) is 23.4 Å². The Hall–Kier alpha value is -2.64. The molecular weight excluding hydrogens is 262 g/mol. The van der Waals surface area contributed by atoms with Gasteiger partial charge in [0.1, 0.15) is 0 Å². The molecule has 1 saturated carbocycles. The second kappa shape index (κ2) is 4.48. The van der Waals surface area contributed by atoms with Crippen LogP contribution in [0.15, 0.2) is 18.2 Å². The molecule has 0 radical (unpaired) electrons. The summed E-state index contributed by atoms with van der Waals surface area (Å²) >= 11 is 0. The Bertz CT molecular complexity index is 678. The minimum absolute atomic E-state index is 0.110. The van der Waals surface area contributed by atoms with Gasteiger partial charge in [0.25, 0.3) is 0 Å². The van der Waals surface area contributed by atoms with Gasteiger partial charge in [-0.05, 0) is 25.0 Å². The monoisotopic (exact) mass is 275 g/mol. The summed E-state index contributed by atoms with van der Waals surface area (Å²) in [5, 5.41) is 18.9. The van der Waals surface area contributed by atoms with E-state index in [1.165, 1.54) is 13.2 Å². The van der Waals surface area contributed by atoms with Crippen LogP contribution in [-0.2, 0) is 0 Å². The maximum absolute atomic E-state index is 11.1. The van der Waals surface area contributed by atoms with Crippen LogP contribution in [0.3, 0.4) is 0 Å². The van der Waals surface area contributed by atoms with Crippen LogP contribution in [0.1, 0.15) is 24.5 Å². The summed E-state index contributed by atoms with van der Waals surface area (Å²) in [5.41, 5.74) is 7.09. The summed E-state index contributed by atoms with van der Waals surface area (Å²) in [6, 6.07) is 4.66. The number of anilines is 1. The SMILES string of the molecule is COc1ccc(-n2nnc(N)c2C2CC2)cc1[N+](=O)[O-]. The second-order valence-electron chi connectivity index (χ2n) is 4.66. The number of hydrogen-bond acceptors (Lipinski definition) is 6. The van der Waals surface area contributed by atoms with E-state index in [1.54, 1.807) is 16.8 Å². The Labute approximate surface area is 114 Å². The van der Waals surface area contributed by atoms with Gasteiger partial charge in [0.2, 0.25) is 0 Å². The summed E-state index contributed by atoms with van der Waals surface area (Å²) in [7, 11) is 1.39. The lowest BCUT2D eigenvalue weighted by Crippen LogP contribution is -2.04. The molecule has 1 aliphatic carbocycles. The first kappa shape index (κ1) is 12.4. The number of nitrogens with zero attached hydrogens (tertiary/aromatic N) is 4. The first-order chi connectivity index (χ1) is 9.61. The highest BCUT2D eigenvalue weighted by Crippen LogP contribution is 2.43. The molecule has 104 valence electrons. The molecule has 1 aliphatic rings. The van der Waals surface area contributed by atoms with Crippen molar-refractivity contribution in [3.63, 3.8) is 0 Å². The lowest BCUT2D eigenvalue weighted by Gasteiger charge is -2.07. The summed E-state index contributed by atoms with van der Waals surface area (Å²) in [6.45, 7) is 0. The summed E-state index contributed by atoms with van der Waals surface area (Å²) in [5.74, 6) is 0.928. The molecule has 1 aromatic carbocycles. The Morgan fingerprint density at radius 3 is 2.85 bits per heavy atom. The van der Waals surface area contributed by atoms with Crippen molar-refractivity contribution in [3.8, 4) is 11.4 Å². The standard InChI is InChI=1S/C12H13N5O3/c1-20-10-5-4-8(6-9(10)17(18)19)16-11(7-2-3-7)12(13)14-15-16/h4-7H,2-3,13H2,1H3. The quantitative estimate of drug-likeness (QED) is 0.671. The van der Waals surface area contributed by atoms with Crippen LogP contribution in [0.5, 0.6) is 5.75 Å². The molecule has 0 bridgehead atoms. The number of rotatable bonds is 4. The zero-order valence-corrected chi connectivity index (χ0v) is 10.8. The highest BCUT2D eigenvalue weighted by Gasteiger charge is 2.31. The van der Waals surface area contributed by atoms with Gasteiger partial charge in [0, 0.05) is 12.0 Å². The zero-order valence-electron chi connectivity index (χ0n) is 10.8. The fourth-order valence-corrected chi connectivity index (χ4v) is 2.18. The minimum atomic E-state index is -0.487. The zero-order chi connectivity index (χ0) is 14.3. The van der Waals surface area contributed by atoms with E-state index >= 15 is 0 Å². The molecule has 0 spiro atoms. The van der Waals surface area contributed by atoms with Gasteiger partial charge in [-0.25, -0.2) is 4.68 Å². The van der Waals surface area contributed by atoms with Crippen molar-refractivity contribution in [2.45, 2.75) is 18.8 Å². The second-order valence-corrected chi connectivity index (χ2v) is 4.66. The van der Waals surface area contributed by atoms with E-state index in [9.17, 15) is 10.1 Å². The highest BCUT2D eigenvalue weighted by molar-refractivity contribution is 5.55. The van der Waals surface area contributed by atoms with Crippen LogP contribution in [-0.4, -0.2) is 27.0 Å². The van der Waals surface area contributed by atoms with Crippen molar-refractivity contribution < 1.29 is 9.66 Å². The number of nitrogens with two attached hydrogens (primary N) is 1. The predicted molar refractivity (Wildman–Crippen MR) is 71.0 cm³/mol. The molecular formula is C12H13N5O3. The van der Waals surface area contributed by atoms with Gasteiger partial charge in [0.15, 0.2) is 11.6 Å². The highest BCUT2D eigenvalue weighted by atomic mass is 16.6. The predicted octanol–water partition coefficient (Wildman–Crippen LogP) is 1.64. The number of nitro groups is 1. The normalized spacial score (nSPS) is 14.2. The smallest absolute Gasteiger partial charge is 0.313 e. The molecule has 0 amide bonds. The van der Waals surface area contributed by atoms with E-state index in [0.29, 0.717) is 17.4 Å². The van der Waals surface area contributed by atoms with E-state index < -0.39 is 4.92 Å². The third-order valence-electron chi connectivity index (χ3n) is 3.30. The fraction of sp³-hybridized carbons (Fsp3) is 0.333. The molecule has 20 heavy (non-hydrogen) atoms. The number of ether oxygens (including phenoxy) is 1. The van der Waals surface area contributed by atoms with Gasteiger partial charge in [-0.1, -0.05) is 5.21 Å². The van der Waals surface area contributed by atoms with Crippen LogP contribution in [0.4, 0.5) is 11.5 Å². The lowest BCUT2D eigenvalue weighted by molar-refractivity contribution is -0.385. The number of aromatic nitrogens is 3. The summed E-state index contributed by atoms with van der Waals surface area (Å²) in [4.78, 5) is 10.6. The van der Waals surface area contributed by atoms with Crippen LogP contribution >= 0.6 is 0 Å². The number of nitro benzene ring substituents is 1. The Morgan fingerprint density at radius 2 is 2.25 bits per heavy atom. The first-order valence-corrected chi connectivity index (χ1v) is 6.15. The van der Waals surface area contributed by atoms with Crippen LogP contribution in [0.25, 0.3) is 5.69 Å². The topological polar surface area (TPSA) is 109 Å². The molecule has 8 nitrogen and oxygen atoms in total. The number of benzene rings is 1. The van der Waals surface area contributed by atoms with Gasteiger partial charge in [-0.2, -0.15) is 0 Å². The number of hydrogen-bond donors (Lipinski definition) is 1. The minimum Gasteiger partial charge on any atom is -0.490 e. The van der Waals surface area contributed by atoms with E-state index in [0.717, 1.165) is 18.5 Å². The molecule has 0 atom stereocenters. The molecule has 3 rings (SSSR count). The van der Waals surface area contributed by atoms with E-state index in [2.05, 4.69) is 10.3 Å². The Balaban J connectivity index is 2.11. The average molecular weight is 275 g/mol. The van der Waals surface area contributed by atoms with Crippen LogP contribution in [0, 0.1) is 10.1 Å². The van der Waals surface area contributed by atoms with E-state index in [-0.39, 0.29) is 11.4 Å². The van der Waals surface area contributed by atoms with Crippen LogP contribution < -0.4 is 10.5 Å². The molecule has 0 aliphatic heterocycles. The van der Waals surface area contributed by atoms with Crippen molar-refractivity contribution in [3.05, 3.63) is 34.0 Å². The van der Waals surface area contributed by atoms with Gasteiger partial charge >= 0.3 is 5.69 Å². The van der Waals surface area contributed by atoms with E-state index in [4.69, 9.17) is 10.5 Å². The van der Waals surface area contributed by atoms with Gasteiger partial charge in [-0.3, -0.25) is 10.1 Å². The fourth-order valence-electron chi connectivity index (χ4n) is 2.18. The largest absolute Gasteiger partial charge is 0.490 e. The van der Waals surface area contributed by atoms with Crippen LogP contribution in [0.2, 0.25) is 0 Å². The van der Waals surface area contributed by atoms with Crippen molar-refractivity contribution >= 4 is 11.5 Å². The molecule has 8 heteroatoms. The summed E-state index contributed by atoms with van der Waals surface area (Å²) < 4.78 is 6.55. The van der Waals surface area contributed by atoms with Gasteiger partial charge in [-0.15, -0.1) is 5.10 Å². The summed E-state index contributed by atoms with van der Waals surface area (Å²) in [6.07, 6.45) is 2.08. The maximum Gasteiger partial charge on any atom is 0.313 e.